The fraction of sp³-hybridized carbons (Fsp3) is 0.350. The van der Waals surface area contributed by atoms with Gasteiger partial charge in [-0.2, -0.15) is 0 Å². The first-order valence-electron chi connectivity index (χ1n) is 8.60. The number of hydrogen-bond donors (Lipinski definition) is 3. The Morgan fingerprint density at radius 3 is 2.52 bits per heavy atom. The van der Waals surface area contributed by atoms with Crippen molar-refractivity contribution < 1.29 is 14.6 Å². The molecular weight excluding hydrogens is 316 g/mol. The van der Waals surface area contributed by atoms with Crippen LogP contribution in [-0.2, 0) is 29.3 Å². The number of benzene rings is 2. The monoisotopic (exact) mass is 340 g/mol. The van der Waals surface area contributed by atoms with E-state index in [1.165, 1.54) is 0 Å². The Labute approximate surface area is 148 Å². The van der Waals surface area contributed by atoms with Crippen LogP contribution in [0, 0.1) is 0 Å². The van der Waals surface area contributed by atoms with Crippen molar-refractivity contribution in [2.75, 3.05) is 6.54 Å². The van der Waals surface area contributed by atoms with Crippen LogP contribution in [-0.4, -0.2) is 29.7 Å². The first-order valence-corrected chi connectivity index (χ1v) is 8.60. The highest BCUT2D eigenvalue weighted by atomic mass is 16.5. The van der Waals surface area contributed by atoms with Crippen LogP contribution in [0.4, 0.5) is 0 Å². The Kier molecular flexibility index (Phi) is 6.17. The van der Waals surface area contributed by atoms with Gasteiger partial charge in [0, 0.05) is 13.1 Å². The van der Waals surface area contributed by atoms with Gasteiger partial charge in [-0.05, 0) is 23.1 Å². The second-order valence-corrected chi connectivity index (χ2v) is 6.32. The quantitative estimate of drug-likeness (QED) is 0.718. The molecule has 5 nitrogen and oxygen atoms in total. The Bertz CT molecular complexity index is 690. The van der Waals surface area contributed by atoms with Gasteiger partial charge in [0.15, 0.2) is 0 Å². The predicted molar refractivity (Wildman–Crippen MR) is 95.6 cm³/mol. The van der Waals surface area contributed by atoms with Gasteiger partial charge in [-0.1, -0.05) is 54.6 Å². The molecule has 3 N–H and O–H groups in total. The highest BCUT2D eigenvalue weighted by Crippen LogP contribution is 2.12. The average molecular weight is 340 g/mol. The summed E-state index contributed by atoms with van der Waals surface area (Å²) in [4.78, 5) is 12.2. The molecule has 1 aliphatic rings. The van der Waals surface area contributed by atoms with E-state index in [0.717, 1.165) is 16.7 Å². The molecule has 0 saturated carbocycles. The first kappa shape index (κ1) is 17.6. The number of β-amino-alcohol motifs (C(OH)–C–C–N with tert-alkyl or cyclic N) is 1. The molecule has 0 aliphatic carbocycles. The molecule has 2 aromatic rings. The molecule has 5 heteroatoms. The van der Waals surface area contributed by atoms with Gasteiger partial charge in [0.05, 0.1) is 25.4 Å². The van der Waals surface area contributed by atoms with Crippen molar-refractivity contribution in [3.63, 3.8) is 0 Å². The van der Waals surface area contributed by atoms with Crippen LogP contribution in [0.3, 0.4) is 0 Å². The molecule has 132 valence electrons. The number of carbonyl (C=O) groups excluding carboxylic acids is 1. The summed E-state index contributed by atoms with van der Waals surface area (Å²) in [5.74, 6) is -0.0726. The van der Waals surface area contributed by atoms with Gasteiger partial charge in [-0.25, -0.2) is 0 Å². The van der Waals surface area contributed by atoms with Gasteiger partial charge in [-0.15, -0.1) is 0 Å². The summed E-state index contributed by atoms with van der Waals surface area (Å²) in [7, 11) is 0. The van der Waals surface area contributed by atoms with Crippen molar-refractivity contribution in [3.8, 4) is 0 Å². The third-order valence-electron chi connectivity index (χ3n) is 4.36. The Hall–Kier alpha value is -2.21. The van der Waals surface area contributed by atoms with Crippen molar-refractivity contribution in [1.29, 1.82) is 0 Å². The topological polar surface area (TPSA) is 70.6 Å². The highest BCUT2D eigenvalue weighted by Gasteiger charge is 2.27. The van der Waals surface area contributed by atoms with E-state index < -0.39 is 6.10 Å². The third kappa shape index (κ3) is 5.13. The lowest BCUT2D eigenvalue weighted by Gasteiger charge is -2.14. The Balaban J connectivity index is 1.51. The van der Waals surface area contributed by atoms with Gasteiger partial charge in [0.2, 0.25) is 5.91 Å². The van der Waals surface area contributed by atoms with Crippen LogP contribution in [0.15, 0.2) is 54.6 Å². The number of amides is 1. The molecule has 1 fully saturated rings. The minimum absolute atomic E-state index is 0.0726. The Morgan fingerprint density at radius 2 is 1.80 bits per heavy atom. The lowest BCUT2D eigenvalue weighted by molar-refractivity contribution is -0.123. The molecule has 2 unspecified atom stereocenters. The van der Waals surface area contributed by atoms with Gasteiger partial charge in [0.25, 0.3) is 0 Å². The van der Waals surface area contributed by atoms with Gasteiger partial charge in [-0.3, -0.25) is 4.79 Å². The maximum atomic E-state index is 12.2. The second kappa shape index (κ2) is 8.76. The summed E-state index contributed by atoms with van der Waals surface area (Å²) in [5, 5.41) is 15.5. The number of aliphatic hydroxyl groups excluding tert-OH is 1. The van der Waals surface area contributed by atoms with E-state index >= 15 is 0 Å². The molecule has 1 amide bonds. The molecule has 0 radical (unpaired) electrons. The molecule has 25 heavy (non-hydrogen) atoms. The SMILES string of the molecule is O=C(NCc1ccccc1COCc1ccccc1)C1CC(O)CN1. The molecule has 2 aromatic carbocycles. The normalized spacial score (nSPS) is 19.7. The maximum Gasteiger partial charge on any atom is 0.237 e. The molecule has 2 atom stereocenters. The van der Waals surface area contributed by atoms with Crippen LogP contribution >= 0.6 is 0 Å². The minimum Gasteiger partial charge on any atom is -0.392 e. The smallest absolute Gasteiger partial charge is 0.237 e. The lowest BCUT2D eigenvalue weighted by atomic mass is 10.1. The molecule has 3 rings (SSSR count). The molecule has 0 bridgehead atoms. The summed E-state index contributed by atoms with van der Waals surface area (Å²) in [6, 6.07) is 17.7. The van der Waals surface area contributed by atoms with E-state index in [9.17, 15) is 9.90 Å². The summed E-state index contributed by atoms with van der Waals surface area (Å²) in [6.45, 7) is 1.99. The van der Waals surface area contributed by atoms with E-state index in [1.54, 1.807) is 0 Å². The predicted octanol–water partition coefficient (Wildman–Crippen LogP) is 1.74. The van der Waals surface area contributed by atoms with E-state index in [1.807, 2.05) is 54.6 Å². The lowest BCUT2D eigenvalue weighted by Crippen LogP contribution is -2.40. The summed E-state index contributed by atoms with van der Waals surface area (Å²) in [5.41, 5.74) is 3.25. The van der Waals surface area contributed by atoms with Crippen LogP contribution < -0.4 is 10.6 Å². The number of rotatable bonds is 7. The minimum atomic E-state index is -0.436. The number of hydrogen-bond acceptors (Lipinski definition) is 4. The van der Waals surface area contributed by atoms with Crippen molar-refractivity contribution in [3.05, 3.63) is 71.3 Å². The molecule has 0 spiro atoms. The van der Waals surface area contributed by atoms with Crippen molar-refractivity contribution in [2.24, 2.45) is 0 Å². The maximum absolute atomic E-state index is 12.2. The van der Waals surface area contributed by atoms with Crippen LogP contribution in [0.2, 0.25) is 0 Å². The van der Waals surface area contributed by atoms with Gasteiger partial charge < -0.3 is 20.5 Å². The molecule has 1 heterocycles. The number of carbonyl (C=O) groups is 1. The van der Waals surface area contributed by atoms with Crippen LogP contribution in [0.5, 0.6) is 0 Å². The number of nitrogens with one attached hydrogen (secondary N) is 2. The number of aliphatic hydroxyl groups is 1. The molecular formula is C20H24N2O3. The Morgan fingerprint density at radius 1 is 1.08 bits per heavy atom. The third-order valence-corrected chi connectivity index (χ3v) is 4.36. The largest absolute Gasteiger partial charge is 0.392 e. The van der Waals surface area contributed by atoms with Crippen molar-refractivity contribution in [1.82, 2.24) is 10.6 Å². The zero-order valence-electron chi connectivity index (χ0n) is 14.2. The average Bonchev–Trinajstić information content (AvgIpc) is 3.08. The fourth-order valence-corrected chi connectivity index (χ4v) is 2.95. The first-order chi connectivity index (χ1) is 12.2. The van der Waals surface area contributed by atoms with Crippen LogP contribution in [0.25, 0.3) is 0 Å². The zero-order chi connectivity index (χ0) is 17.5. The highest BCUT2D eigenvalue weighted by molar-refractivity contribution is 5.82. The summed E-state index contributed by atoms with van der Waals surface area (Å²) >= 11 is 0. The van der Waals surface area contributed by atoms with E-state index in [2.05, 4.69) is 10.6 Å². The van der Waals surface area contributed by atoms with E-state index in [0.29, 0.717) is 32.7 Å². The van der Waals surface area contributed by atoms with E-state index in [-0.39, 0.29) is 11.9 Å². The number of ether oxygens (including phenoxy) is 1. The van der Waals surface area contributed by atoms with Crippen molar-refractivity contribution in [2.45, 2.75) is 38.3 Å². The second-order valence-electron chi connectivity index (χ2n) is 6.32. The zero-order valence-corrected chi connectivity index (χ0v) is 14.2. The van der Waals surface area contributed by atoms with E-state index in [4.69, 9.17) is 4.74 Å². The molecule has 0 aromatic heterocycles. The summed E-state index contributed by atoms with van der Waals surface area (Å²) in [6.07, 6.45) is 0.0302. The molecule has 1 saturated heterocycles. The summed E-state index contributed by atoms with van der Waals surface area (Å²) < 4.78 is 5.81. The van der Waals surface area contributed by atoms with Crippen LogP contribution in [0.1, 0.15) is 23.1 Å². The van der Waals surface area contributed by atoms with Crippen molar-refractivity contribution >= 4 is 5.91 Å². The standard InChI is InChI=1S/C20H24N2O3/c23-18-10-19(21-12-18)20(24)22-11-16-8-4-5-9-17(16)14-25-13-15-6-2-1-3-7-15/h1-9,18-19,21,23H,10-14H2,(H,22,24). The van der Waals surface area contributed by atoms with Gasteiger partial charge >= 0.3 is 0 Å². The molecule has 1 aliphatic heterocycles. The fourth-order valence-electron chi connectivity index (χ4n) is 2.95. The van der Waals surface area contributed by atoms with Gasteiger partial charge in [0.1, 0.15) is 0 Å².